The Morgan fingerprint density at radius 2 is 2.30 bits per heavy atom. The van der Waals surface area contributed by atoms with E-state index in [2.05, 4.69) is 24.3 Å². The predicted octanol–water partition coefficient (Wildman–Crippen LogP) is 2.57. The first-order chi connectivity index (χ1) is 9.39. The molecule has 1 aromatic heterocycles. The molecule has 2 N–H and O–H groups in total. The highest BCUT2D eigenvalue weighted by atomic mass is 16.3. The molecule has 1 aromatic rings. The van der Waals surface area contributed by atoms with Gasteiger partial charge < -0.3 is 10.4 Å². The zero-order valence-electron chi connectivity index (χ0n) is 13.3. The topological polar surface area (TPSA) is 50.1 Å². The molecule has 0 spiro atoms. The van der Waals surface area contributed by atoms with E-state index in [-0.39, 0.29) is 0 Å². The first kappa shape index (κ1) is 15.5. The zero-order valence-corrected chi connectivity index (χ0v) is 13.3. The van der Waals surface area contributed by atoms with Gasteiger partial charge in [-0.1, -0.05) is 13.8 Å². The van der Waals surface area contributed by atoms with Crippen molar-refractivity contribution in [3.63, 3.8) is 0 Å². The number of aliphatic hydroxyl groups is 1. The number of nitrogens with zero attached hydrogens (tertiary/aromatic N) is 2. The van der Waals surface area contributed by atoms with Crippen LogP contribution >= 0.6 is 0 Å². The summed E-state index contributed by atoms with van der Waals surface area (Å²) < 4.78 is 1.99. The van der Waals surface area contributed by atoms with Gasteiger partial charge in [-0.25, -0.2) is 0 Å². The minimum atomic E-state index is -0.621. The molecular formula is C16H29N3O. The number of hydrogen-bond donors (Lipinski definition) is 2. The average molecular weight is 279 g/mol. The summed E-state index contributed by atoms with van der Waals surface area (Å²) in [4.78, 5) is 0. The van der Waals surface area contributed by atoms with E-state index < -0.39 is 5.60 Å². The van der Waals surface area contributed by atoms with Gasteiger partial charge in [0.05, 0.1) is 11.8 Å². The summed E-state index contributed by atoms with van der Waals surface area (Å²) in [5.41, 5.74) is 2.04. The maximum atomic E-state index is 10.5. The Morgan fingerprint density at radius 3 is 3.00 bits per heavy atom. The maximum Gasteiger partial charge on any atom is 0.0743 e. The fraction of sp³-hybridized carbons (Fsp3) is 0.812. The van der Waals surface area contributed by atoms with Crippen molar-refractivity contribution in [1.82, 2.24) is 15.1 Å². The molecule has 2 rings (SSSR count). The normalized spacial score (nSPS) is 21.8. The van der Waals surface area contributed by atoms with Crippen LogP contribution in [0.15, 0.2) is 6.20 Å². The Balaban J connectivity index is 1.91. The number of fused-ring (bicyclic) bond motifs is 1. The van der Waals surface area contributed by atoms with Crippen molar-refractivity contribution in [2.75, 3.05) is 6.54 Å². The van der Waals surface area contributed by atoms with Crippen molar-refractivity contribution in [1.29, 1.82) is 0 Å². The number of aryl methyl sites for hydroxylation is 1. The highest BCUT2D eigenvalue weighted by Crippen LogP contribution is 2.29. The van der Waals surface area contributed by atoms with Crippen molar-refractivity contribution in [2.24, 2.45) is 13.0 Å². The van der Waals surface area contributed by atoms with Crippen LogP contribution in [0.4, 0.5) is 0 Å². The Morgan fingerprint density at radius 1 is 1.55 bits per heavy atom. The van der Waals surface area contributed by atoms with Crippen LogP contribution in [0.2, 0.25) is 0 Å². The average Bonchev–Trinajstić information content (AvgIpc) is 2.77. The molecule has 2 unspecified atom stereocenters. The molecule has 0 fully saturated rings. The van der Waals surface area contributed by atoms with Gasteiger partial charge in [-0.15, -0.1) is 0 Å². The van der Waals surface area contributed by atoms with Gasteiger partial charge in [0.2, 0.25) is 0 Å². The Labute approximate surface area is 122 Å². The van der Waals surface area contributed by atoms with Gasteiger partial charge in [0.25, 0.3) is 0 Å². The molecule has 0 saturated carbocycles. The molecule has 20 heavy (non-hydrogen) atoms. The van der Waals surface area contributed by atoms with Crippen molar-refractivity contribution < 1.29 is 5.11 Å². The Hall–Kier alpha value is -0.870. The molecule has 4 nitrogen and oxygen atoms in total. The van der Waals surface area contributed by atoms with E-state index in [1.807, 2.05) is 24.9 Å². The standard InChI is InChI=1S/C16H29N3O/c1-12(2)8-9-16(3,20)11-17-14-6-5-7-15-13(14)10-18-19(15)4/h10,12,14,17,20H,5-9,11H2,1-4H3. The van der Waals surface area contributed by atoms with E-state index in [9.17, 15) is 5.11 Å². The lowest BCUT2D eigenvalue weighted by Crippen LogP contribution is -2.40. The first-order valence-corrected chi connectivity index (χ1v) is 7.85. The summed E-state index contributed by atoms with van der Waals surface area (Å²) in [5, 5.41) is 18.4. The van der Waals surface area contributed by atoms with Crippen molar-refractivity contribution in [3.8, 4) is 0 Å². The van der Waals surface area contributed by atoms with E-state index in [0.717, 1.165) is 25.7 Å². The largest absolute Gasteiger partial charge is 0.389 e. The second kappa shape index (κ2) is 6.27. The number of rotatable bonds is 6. The second-order valence-electron chi connectivity index (χ2n) is 6.93. The minimum Gasteiger partial charge on any atom is -0.389 e. The van der Waals surface area contributed by atoms with Gasteiger partial charge in [-0.3, -0.25) is 4.68 Å². The zero-order chi connectivity index (χ0) is 14.8. The summed E-state index contributed by atoms with van der Waals surface area (Å²) >= 11 is 0. The first-order valence-electron chi connectivity index (χ1n) is 7.85. The number of nitrogens with one attached hydrogen (secondary N) is 1. The molecule has 1 aliphatic carbocycles. The van der Waals surface area contributed by atoms with Gasteiger partial charge in [0, 0.05) is 30.9 Å². The fourth-order valence-corrected chi connectivity index (χ4v) is 2.95. The highest BCUT2D eigenvalue weighted by Gasteiger charge is 2.26. The van der Waals surface area contributed by atoms with E-state index in [1.165, 1.54) is 17.7 Å². The predicted molar refractivity (Wildman–Crippen MR) is 81.6 cm³/mol. The molecule has 0 amide bonds. The third-order valence-electron chi connectivity index (χ3n) is 4.37. The van der Waals surface area contributed by atoms with Crippen LogP contribution in [0, 0.1) is 5.92 Å². The van der Waals surface area contributed by atoms with Crippen LogP contribution in [0.3, 0.4) is 0 Å². The van der Waals surface area contributed by atoms with Crippen molar-refractivity contribution in [3.05, 3.63) is 17.5 Å². The van der Waals surface area contributed by atoms with Crippen LogP contribution < -0.4 is 5.32 Å². The molecule has 2 atom stereocenters. The highest BCUT2D eigenvalue weighted by molar-refractivity contribution is 5.24. The van der Waals surface area contributed by atoms with Gasteiger partial charge >= 0.3 is 0 Å². The van der Waals surface area contributed by atoms with Gasteiger partial charge in [0.1, 0.15) is 0 Å². The van der Waals surface area contributed by atoms with Crippen LogP contribution in [-0.4, -0.2) is 27.0 Å². The van der Waals surface area contributed by atoms with Crippen LogP contribution in [0.5, 0.6) is 0 Å². The van der Waals surface area contributed by atoms with Crippen LogP contribution in [0.25, 0.3) is 0 Å². The third kappa shape index (κ3) is 3.83. The van der Waals surface area contributed by atoms with Crippen molar-refractivity contribution in [2.45, 2.75) is 64.5 Å². The molecule has 1 heterocycles. The smallest absolute Gasteiger partial charge is 0.0743 e. The summed E-state index contributed by atoms with van der Waals surface area (Å²) in [6.07, 6.45) is 7.35. The summed E-state index contributed by atoms with van der Waals surface area (Å²) in [6, 6.07) is 0.345. The lowest BCUT2D eigenvalue weighted by atomic mass is 9.91. The molecule has 0 radical (unpaired) electrons. The number of aromatic nitrogens is 2. The lowest BCUT2D eigenvalue weighted by molar-refractivity contribution is 0.0419. The fourth-order valence-electron chi connectivity index (χ4n) is 2.95. The summed E-state index contributed by atoms with van der Waals surface area (Å²) in [7, 11) is 2.01. The van der Waals surface area contributed by atoms with Gasteiger partial charge in [-0.2, -0.15) is 5.10 Å². The molecule has 0 saturated heterocycles. The maximum absolute atomic E-state index is 10.5. The Kier molecular flexibility index (Phi) is 4.86. The lowest BCUT2D eigenvalue weighted by Gasteiger charge is -2.30. The van der Waals surface area contributed by atoms with E-state index in [0.29, 0.717) is 18.5 Å². The molecular weight excluding hydrogens is 250 g/mol. The summed E-state index contributed by atoms with van der Waals surface area (Å²) in [5.74, 6) is 0.640. The molecule has 0 bridgehead atoms. The van der Waals surface area contributed by atoms with Crippen LogP contribution in [-0.2, 0) is 13.5 Å². The monoisotopic (exact) mass is 279 g/mol. The second-order valence-corrected chi connectivity index (χ2v) is 6.93. The SMILES string of the molecule is CC(C)CCC(C)(O)CNC1CCCc2c1cnn2C. The quantitative estimate of drug-likeness (QED) is 0.841. The Bertz CT molecular complexity index is 437. The van der Waals surface area contributed by atoms with Gasteiger partial charge in [0.15, 0.2) is 0 Å². The molecule has 1 aliphatic rings. The molecule has 0 aromatic carbocycles. The molecule has 0 aliphatic heterocycles. The van der Waals surface area contributed by atoms with Gasteiger partial charge in [-0.05, 0) is 44.9 Å². The minimum absolute atomic E-state index is 0.345. The van der Waals surface area contributed by atoms with E-state index in [1.54, 1.807) is 0 Å². The molecule has 4 heteroatoms. The van der Waals surface area contributed by atoms with E-state index in [4.69, 9.17) is 0 Å². The van der Waals surface area contributed by atoms with Crippen LogP contribution in [0.1, 0.15) is 63.8 Å². The molecule has 114 valence electrons. The van der Waals surface area contributed by atoms with E-state index >= 15 is 0 Å². The van der Waals surface area contributed by atoms with Crippen molar-refractivity contribution >= 4 is 0 Å². The summed E-state index contributed by atoms with van der Waals surface area (Å²) in [6.45, 7) is 6.99. The number of hydrogen-bond acceptors (Lipinski definition) is 3. The third-order valence-corrected chi connectivity index (χ3v) is 4.37.